The van der Waals surface area contributed by atoms with E-state index < -0.39 is 6.43 Å². The van der Waals surface area contributed by atoms with Crippen molar-refractivity contribution in [3.05, 3.63) is 0 Å². The minimum Gasteiger partial charge on any atom is -0.218 e. The summed E-state index contributed by atoms with van der Waals surface area (Å²) in [5.41, 5.74) is -0.124. The van der Waals surface area contributed by atoms with Gasteiger partial charge in [-0.2, -0.15) is 0 Å². The van der Waals surface area contributed by atoms with Crippen molar-refractivity contribution in [1.82, 2.24) is 0 Å². The summed E-state index contributed by atoms with van der Waals surface area (Å²) < 4.78 is 25.8. The molecule has 0 aliphatic heterocycles. The maximum atomic E-state index is 11.3. The second-order valence-corrected chi connectivity index (χ2v) is 1.51. The van der Waals surface area contributed by atoms with Gasteiger partial charge in [-0.05, 0) is 6.92 Å². The standard InChI is InChI=1S/C3H4F2IN/c1-2(7-6)3(4)5/h3H,1H3. The predicted octanol–water partition coefficient (Wildman–Crippen LogP) is 2.06. The largest absolute Gasteiger partial charge is 0.276 e. The van der Waals surface area contributed by atoms with Crippen molar-refractivity contribution >= 4 is 28.6 Å². The number of rotatable bonds is 1. The summed E-state index contributed by atoms with van der Waals surface area (Å²) in [6, 6.07) is 0. The van der Waals surface area contributed by atoms with Gasteiger partial charge in [-0.15, -0.1) is 0 Å². The first-order valence-electron chi connectivity index (χ1n) is 1.62. The molecular formula is C3H4F2IN. The molecule has 0 aliphatic carbocycles. The molecular weight excluding hydrogens is 215 g/mol. The molecule has 42 valence electrons. The SMILES string of the molecule is CC(=NI)C(F)F. The number of halogens is 3. The van der Waals surface area contributed by atoms with E-state index in [4.69, 9.17) is 0 Å². The van der Waals surface area contributed by atoms with Gasteiger partial charge in [0.15, 0.2) is 0 Å². The van der Waals surface area contributed by atoms with E-state index in [-0.39, 0.29) is 5.71 Å². The summed E-state index contributed by atoms with van der Waals surface area (Å²) in [5, 5.41) is 0. The number of hydrogen-bond donors (Lipinski definition) is 0. The predicted molar refractivity (Wildman–Crippen MR) is 33.1 cm³/mol. The molecule has 0 aromatic heterocycles. The highest BCUT2D eigenvalue weighted by Crippen LogP contribution is 1.98. The first-order valence-corrected chi connectivity index (χ1v) is 2.58. The van der Waals surface area contributed by atoms with E-state index in [9.17, 15) is 8.78 Å². The molecule has 0 aromatic carbocycles. The van der Waals surface area contributed by atoms with Crippen LogP contribution in [0.15, 0.2) is 3.21 Å². The summed E-state index contributed by atoms with van der Waals surface area (Å²) in [5.74, 6) is 0. The van der Waals surface area contributed by atoms with Crippen LogP contribution in [0.2, 0.25) is 0 Å². The molecule has 0 unspecified atom stereocenters. The third-order valence-electron chi connectivity index (χ3n) is 0.449. The van der Waals surface area contributed by atoms with E-state index in [1.165, 1.54) is 29.8 Å². The van der Waals surface area contributed by atoms with Crippen LogP contribution in [0.5, 0.6) is 0 Å². The Balaban J connectivity index is 3.56. The van der Waals surface area contributed by atoms with Crippen LogP contribution in [-0.2, 0) is 0 Å². The molecule has 0 amide bonds. The van der Waals surface area contributed by atoms with Crippen molar-refractivity contribution in [3.8, 4) is 0 Å². The summed E-state index contributed by atoms with van der Waals surface area (Å²) in [4.78, 5) is 0. The Morgan fingerprint density at radius 3 is 2.14 bits per heavy atom. The zero-order valence-electron chi connectivity index (χ0n) is 3.66. The van der Waals surface area contributed by atoms with Crippen LogP contribution in [0, 0.1) is 0 Å². The topological polar surface area (TPSA) is 12.4 Å². The van der Waals surface area contributed by atoms with E-state index in [2.05, 4.69) is 3.21 Å². The van der Waals surface area contributed by atoms with E-state index in [0.717, 1.165) is 0 Å². The molecule has 1 nitrogen and oxygen atoms in total. The lowest BCUT2D eigenvalue weighted by Crippen LogP contribution is -2.02. The molecule has 0 radical (unpaired) electrons. The first-order chi connectivity index (χ1) is 3.18. The molecule has 0 N–H and O–H groups in total. The van der Waals surface area contributed by atoms with Crippen molar-refractivity contribution in [1.29, 1.82) is 0 Å². The fraction of sp³-hybridized carbons (Fsp3) is 0.667. The van der Waals surface area contributed by atoms with Gasteiger partial charge in [-0.1, -0.05) is 0 Å². The molecule has 0 saturated carbocycles. The monoisotopic (exact) mass is 219 g/mol. The van der Waals surface area contributed by atoms with Gasteiger partial charge in [0.05, 0.1) is 28.6 Å². The molecule has 0 rings (SSSR count). The van der Waals surface area contributed by atoms with Crippen LogP contribution < -0.4 is 0 Å². The Kier molecular flexibility index (Phi) is 3.41. The Labute approximate surface area is 54.3 Å². The second kappa shape index (κ2) is 3.29. The Morgan fingerprint density at radius 2 is 2.14 bits per heavy atom. The highest BCUT2D eigenvalue weighted by Gasteiger charge is 2.03. The number of nitrogens with zero attached hydrogens (tertiary/aromatic N) is 1. The van der Waals surface area contributed by atoms with Gasteiger partial charge < -0.3 is 0 Å². The molecule has 0 bridgehead atoms. The smallest absolute Gasteiger partial charge is 0.218 e. The number of hydrogen-bond acceptors (Lipinski definition) is 1. The third-order valence-corrected chi connectivity index (χ3v) is 1.21. The zero-order valence-corrected chi connectivity index (χ0v) is 5.82. The van der Waals surface area contributed by atoms with E-state index in [1.54, 1.807) is 0 Å². The highest BCUT2D eigenvalue weighted by molar-refractivity contribution is 14.1. The van der Waals surface area contributed by atoms with Crippen molar-refractivity contribution in [2.45, 2.75) is 13.3 Å². The van der Waals surface area contributed by atoms with E-state index in [1.807, 2.05) is 0 Å². The van der Waals surface area contributed by atoms with Gasteiger partial charge in [-0.3, -0.25) is 0 Å². The fourth-order valence-corrected chi connectivity index (χ4v) is 0.247. The normalized spacial score (nSPS) is 13.0. The average Bonchev–Trinajstić information content (AvgIpc) is 1.65. The Morgan fingerprint density at radius 1 is 1.71 bits per heavy atom. The molecule has 0 atom stereocenters. The molecule has 0 heterocycles. The highest BCUT2D eigenvalue weighted by atomic mass is 127. The van der Waals surface area contributed by atoms with E-state index >= 15 is 0 Å². The molecule has 0 fully saturated rings. The van der Waals surface area contributed by atoms with Crippen molar-refractivity contribution in [2.24, 2.45) is 3.21 Å². The van der Waals surface area contributed by atoms with Crippen LogP contribution in [0.1, 0.15) is 6.92 Å². The maximum absolute atomic E-state index is 11.3. The minimum atomic E-state index is -2.39. The Hall–Kier alpha value is 0.260. The lowest BCUT2D eigenvalue weighted by Gasteiger charge is -1.89. The van der Waals surface area contributed by atoms with E-state index in [0.29, 0.717) is 0 Å². The third kappa shape index (κ3) is 2.90. The zero-order chi connectivity index (χ0) is 5.86. The van der Waals surface area contributed by atoms with Crippen molar-refractivity contribution in [2.75, 3.05) is 0 Å². The summed E-state index contributed by atoms with van der Waals surface area (Å²) >= 11 is 1.54. The second-order valence-electron chi connectivity index (χ2n) is 1.03. The fourth-order valence-electron chi connectivity index (χ4n) is 0.0369. The average molecular weight is 219 g/mol. The minimum absolute atomic E-state index is 0.124. The van der Waals surface area contributed by atoms with Crippen LogP contribution in [0.4, 0.5) is 8.78 Å². The number of alkyl halides is 2. The molecule has 4 heteroatoms. The summed E-state index contributed by atoms with van der Waals surface area (Å²) in [6.07, 6.45) is -2.39. The van der Waals surface area contributed by atoms with Gasteiger partial charge >= 0.3 is 0 Å². The van der Waals surface area contributed by atoms with Crippen molar-refractivity contribution < 1.29 is 8.78 Å². The molecule has 0 spiro atoms. The first kappa shape index (κ1) is 7.26. The molecule has 0 saturated heterocycles. The quantitative estimate of drug-likeness (QED) is 0.472. The summed E-state index contributed by atoms with van der Waals surface area (Å²) in [7, 11) is 0. The van der Waals surface area contributed by atoms with Gasteiger partial charge in [0.25, 0.3) is 6.43 Å². The van der Waals surface area contributed by atoms with Crippen molar-refractivity contribution in [3.63, 3.8) is 0 Å². The molecule has 0 aromatic rings. The van der Waals surface area contributed by atoms with Gasteiger partial charge in [0, 0.05) is 0 Å². The van der Waals surface area contributed by atoms with Crippen LogP contribution in [-0.4, -0.2) is 12.1 Å². The van der Waals surface area contributed by atoms with Gasteiger partial charge in [0.1, 0.15) is 0 Å². The lowest BCUT2D eigenvalue weighted by molar-refractivity contribution is 0.225. The molecule has 7 heavy (non-hydrogen) atoms. The maximum Gasteiger partial charge on any atom is 0.276 e. The van der Waals surface area contributed by atoms with Gasteiger partial charge in [-0.25, -0.2) is 12.0 Å². The molecule has 0 aliphatic rings. The summed E-state index contributed by atoms with van der Waals surface area (Å²) in [6.45, 7) is 1.29. The Bertz CT molecular complexity index is 81.0. The van der Waals surface area contributed by atoms with Crippen LogP contribution in [0.25, 0.3) is 0 Å². The lowest BCUT2D eigenvalue weighted by atomic mass is 10.5. The van der Waals surface area contributed by atoms with Gasteiger partial charge in [0.2, 0.25) is 0 Å². The van der Waals surface area contributed by atoms with Crippen LogP contribution in [0.3, 0.4) is 0 Å². The van der Waals surface area contributed by atoms with Crippen LogP contribution >= 0.6 is 22.9 Å².